The summed E-state index contributed by atoms with van der Waals surface area (Å²) in [6.07, 6.45) is 3.58. The fourth-order valence-electron chi connectivity index (χ4n) is 2.58. The molecule has 2 rings (SSSR count). The predicted octanol–water partition coefficient (Wildman–Crippen LogP) is 2.38. The molecule has 1 aliphatic heterocycles. The zero-order valence-electron chi connectivity index (χ0n) is 12.7. The number of piperidine rings is 1. The molecule has 0 bridgehead atoms. The number of hydrogen-bond donors (Lipinski definition) is 2. The Bertz CT molecular complexity index is 495. The van der Waals surface area contributed by atoms with Crippen molar-refractivity contribution in [2.24, 2.45) is 0 Å². The lowest BCUT2D eigenvalue weighted by atomic mass is 10.0. The fraction of sp³-hybridized carbons (Fsp3) is 0.600. The SMILES string of the molecule is CCNc1ccc(Cl)c(C(=O)NCC2CCCCN2C)n1. The average molecular weight is 311 g/mol. The second-order valence-electron chi connectivity index (χ2n) is 5.40. The molecule has 2 N–H and O–H groups in total. The van der Waals surface area contributed by atoms with Crippen LogP contribution in [-0.4, -0.2) is 48.5 Å². The molecule has 2 heterocycles. The van der Waals surface area contributed by atoms with E-state index in [-0.39, 0.29) is 11.6 Å². The van der Waals surface area contributed by atoms with Gasteiger partial charge in [-0.25, -0.2) is 4.98 Å². The van der Waals surface area contributed by atoms with Crippen LogP contribution in [-0.2, 0) is 0 Å². The number of likely N-dealkylation sites (N-methyl/N-ethyl adjacent to an activating group) is 1. The van der Waals surface area contributed by atoms with Crippen molar-refractivity contribution in [3.63, 3.8) is 0 Å². The Hall–Kier alpha value is -1.33. The summed E-state index contributed by atoms with van der Waals surface area (Å²) in [5, 5.41) is 6.42. The van der Waals surface area contributed by atoms with E-state index in [2.05, 4.69) is 27.6 Å². The highest BCUT2D eigenvalue weighted by Crippen LogP contribution is 2.17. The highest BCUT2D eigenvalue weighted by molar-refractivity contribution is 6.33. The van der Waals surface area contributed by atoms with Crippen LogP contribution in [0, 0.1) is 0 Å². The molecule has 1 amide bonds. The van der Waals surface area contributed by atoms with E-state index < -0.39 is 0 Å². The summed E-state index contributed by atoms with van der Waals surface area (Å²) >= 11 is 6.08. The standard InChI is InChI=1S/C15H23ClN4O/c1-3-17-13-8-7-12(16)14(19-13)15(21)18-10-11-6-4-5-9-20(11)2/h7-8,11H,3-6,9-10H2,1-2H3,(H,17,19)(H,18,21). The van der Waals surface area contributed by atoms with E-state index in [1.165, 1.54) is 12.8 Å². The number of carbonyl (C=O) groups excluding carboxylic acids is 1. The maximum Gasteiger partial charge on any atom is 0.271 e. The summed E-state index contributed by atoms with van der Waals surface area (Å²) in [7, 11) is 2.10. The van der Waals surface area contributed by atoms with Gasteiger partial charge in [-0.2, -0.15) is 0 Å². The van der Waals surface area contributed by atoms with Gasteiger partial charge in [-0.15, -0.1) is 0 Å². The van der Waals surface area contributed by atoms with Crippen molar-refractivity contribution in [3.8, 4) is 0 Å². The summed E-state index contributed by atoms with van der Waals surface area (Å²) in [5.41, 5.74) is 0.286. The van der Waals surface area contributed by atoms with Gasteiger partial charge in [0.25, 0.3) is 5.91 Å². The number of nitrogens with zero attached hydrogens (tertiary/aromatic N) is 2. The average Bonchev–Trinajstić information content (AvgIpc) is 2.48. The molecule has 1 unspecified atom stereocenters. The first-order valence-electron chi connectivity index (χ1n) is 7.50. The summed E-state index contributed by atoms with van der Waals surface area (Å²) in [6, 6.07) is 3.88. The Morgan fingerprint density at radius 2 is 2.29 bits per heavy atom. The summed E-state index contributed by atoms with van der Waals surface area (Å²) in [6.45, 7) is 4.46. The number of rotatable bonds is 5. The number of nitrogens with one attached hydrogen (secondary N) is 2. The van der Waals surface area contributed by atoms with Crippen LogP contribution in [0.3, 0.4) is 0 Å². The Balaban J connectivity index is 1.97. The summed E-state index contributed by atoms with van der Waals surface area (Å²) in [4.78, 5) is 18.8. The lowest BCUT2D eigenvalue weighted by Gasteiger charge is -2.32. The maximum absolute atomic E-state index is 12.3. The molecule has 21 heavy (non-hydrogen) atoms. The van der Waals surface area contributed by atoms with Crippen LogP contribution < -0.4 is 10.6 Å². The number of amides is 1. The van der Waals surface area contributed by atoms with E-state index in [0.29, 0.717) is 23.4 Å². The molecule has 116 valence electrons. The molecule has 1 aliphatic rings. The van der Waals surface area contributed by atoms with Crippen LogP contribution in [0.15, 0.2) is 12.1 Å². The van der Waals surface area contributed by atoms with Crippen molar-refractivity contribution in [2.75, 3.05) is 32.0 Å². The normalized spacial score (nSPS) is 19.3. The van der Waals surface area contributed by atoms with E-state index in [9.17, 15) is 4.79 Å². The lowest BCUT2D eigenvalue weighted by molar-refractivity contribution is 0.0924. The largest absolute Gasteiger partial charge is 0.370 e. The second-order valence-corrected chi connectivity index (χ2v) is 5.80. The minimum Gasteiger partial charge on any atom is -0.370 e. The van der Waals surface area contributed by atoms with E-state index in [1.54, 1.807) is 12.1 Å². The predicted molar refractivity (Wildman–Crippen MR) is 86.0 cm³/mol. The molecule has 6 heteroatoms. The van der Waals surface area contributed by atoms with Gasteiger partial charge in [0.05, 0.1) is 5.02 Å². The third kappa shape index (κ3) is 4.32. The molecule has 1 aromatic rings. The first kappa shape index (κ1) is 16.0. The highest BCUT2D eigenvalue weighted by atomic mass is 35.5. The smallest absolute Gasteiger partial charge is 0.271 e. The Kier molecular flexibility index (Phi) is 5.82. The van der Waals surface area contributed by atoms with Crippen molar-refractivity contribution in [1.29, 1.82) is 0 Å². The van der Waals surface area contributed by atoms with Gasteiger partial charge < -0.3 is 15.5 Å². The van der Waals surface area contributed by atoms with Crippen molar-refractivity contribution < 1.29 is 4.79 Å². The fourth-order valence-corrected chi connectivity index (χ4v) is 2.77. The van der Waals surface area contributed by atoms with Gasteiger partial charge in [-0.05, 0) is 45.5 Å². The highest BCUT2D eigenvalue weighted by Gasteiger charge is 2.20. The van der Waals surface area contributed by atoms with Crippen molar-refractivity contribution >= 4 is 23.3 Å². The maximum atomic E-state index is 12.3. The summed E-state index contributed by atoms with van der Waals surface area (Å²) in [5.74, 6) is 0.459. The Morgan fingerprint density at radius 3 is 3.00 bits per heavy atom. The monoisotopic (exact) mass is 310 g/mol. The van der Waals surface area contributed by atoms with Crippen molar-refractivity contribution in [2.45, 2.75) is 32.2 Å². The quantitative estimate of drug-likeness (QED) is 0.877. The number of pyridine rings is 1. The topological polar surface area (TPSA) is 57.3 Å². The van der Waals surface area contributed by atoms with Crippen molar-refractivity contribution in [1.82, 2.24) is 15.2 Å². The minimum absolute atomic E-state index is 0.210. The van der Waals surface area contributed by atoms with E-state index >= 15 is 0 Å². The molecular weight excluding hydrogens is 288 g/mol. The molecule has 1 fully saturated rings. The van der Waals surface area contributed by atoms with Crippen LogP contribution in [0.1, 0.15) is 36.7 Å². The first-order valence-corrected chi connectivity index (χ1v) is 7.88. The molecule has 0 spiro atoms. The van der Waals surface area contributed by atoms with E-state index in [1.807, 2.05) is 6.92 Å². The third-order valence-corrected chi connectivity index (χ3v) is 4.14. The molecule has 0 aromatic carbocycles. The molecule has 0 saturated carbocycles. The van der Waals surface area contributed by atoms with Crippen LogP contribution in [0.4, 0.5) is 5.82 Å². The molecule has 1 saturated heterocycles. The number of anilines is 1. The third-order valence-electron chi connectivity index (χ3n) is 3.84. The van der Waals surface area contributed by atoms with Gasteiger partial charge in [0, 0.05) is 19.1 Å². The van der Waals surface area contributed by atoms with Crippen molar-refractivity contribution in [3.05, 3.63) is 22.8 Å². The van der Waals surface area contributed by atoms with Crippen LogP contribution >= 0.6 is 11.6 Å². The zero-order chi connectivity index (χ0) is 15.2. The van der Waals surface area contributed by atoms with Gasteiger partial charge in [0.15, 0.2) is 0 Å². The molecule has 0 aliphatic carbocycles. The molecule has 5 nitrogen and oxygen atoms in total. The van der Waals surface area contributed by atoms with Gasteiger partial charge in [-0.1, -0.05) is 18.0 Å². The lowest BCUT2D eigenvalue weighted by Crippen LogP contribution is -2.44. The molecular formula is C15H23ClN4O. The van der Waals surface area contributed by atoms with Gasteiger partial charge in [0.1, 0.15) is 11.5 Å². The number of aromatic nitrogens is 1. The summed E-state index contributed by atoms with van der Waals surface area (Å²) < 4.78 is 0. The second kappa shape index (κ2) is 7.61. The molecule has 1 atom stereocenters. The molecule has 0 radical (unpaired) electrons. The van der Waals surface area contributed by atoms with Gasteiger partial charge >= 0.3 is 0 Å². The van der Waals surface area contributed by atoms with Crippen LogP contribution in [0.25, 0.3) is 0 Å². The number of carbonyl (C=O) groups is 1. The Morgan fingerprint density at radius 1 is 1.48 bits per heavy atom. The zero-order valence-corrected chi connectivity index (χ0v) is 13.4. The minimum atomic E-state index is -0.210. The van der Waals surface area contributed by atoms with Gasteiger partial charge in [0.2, 0.25) is 0 Å². The van der Waals surface area contributed by atoms with Crippen LogP contribution in [0.2, 0.25) is 5.02 Å². The number of halogens is 1. The van der Waals surface area contributed by atoms with E-state index in [0.717, 1.165) is 19.5 Å². The first-order chi connectivity index (χ1) is 10.1. The molecule has 1 aromatic heterocycles. The number of likely N-dealkylation sites (tertiary alicyclic amines) is 1. The van der Waals surface area contributed by atoms with E-state index in [4.69, 9.17) is 11.6 Å². The van der Waals surface area contributed by atoms with Crippen LogP contribution in [0.5, 0.6) is 0 Å². The Labute approximate surface area is 131 Å². The van der Waals surface area contributed by atoms with Gasteiger partial charge in [-0.3, -0.25) is 4.79 Å². The number of hydrogen-bond acceptors (Lipinski definition) is 4.